The maximum Gasteiger partial charge on any atom is 0.319 e. The quantitative estimate of drug-likeness (QED) is 0.828. The molecule has 0 spiro atoms. The van der Waals surface area contributed by atoms with Crippen molar-refractivity contribution >= 4 is 22.6 Å². The second-order valence-electron chi connectivity index (χ2n) is 4.25. The molecule has 1 fully saturated rings. The van der Waals surface area contributed by atoms with E-state index >= 15 is 0 Å². The molecule has 1 aromatic carbocycles. The molecule has 17 heavy (non-hydrogen) atoms. The molecule has 1 aromatic heterocycles. The smallest absolute Gasteiger partial charge is 0.319 e. The fourth-order valence-corrected chi connectivity index (χ4v) is 1.78. The Morgan fingerprint density at radius 1 is 1.24 bits per heavy atom. The number of nitrogens with one attached hydrogen (secondary N) is 2. The van der Waals surface area contributed by atoms with Crippen LogP contribution in [0.25, 0.3) is 10.9 Å². The third-order valence-corrected chi connectivity index (χ3v) is 2.81. The van der Waals surface area contributed by atoms with E-state index in [0.717, 1.165) is 29.4 Å². The molecule has 0 atom stereocenters. The molecule has 0 saturated heterocycles. The van der Waals surface area contributed by atoms with Crippen molar-refractivity contribution in [3.8, 4) is 0 Å². The Bertz CT molecular complexity index is 558. The molecular weight excluding hydrogens is 214 g/mol. The maximum atomic E-state index is 11.7. The molecular formula is C13H13N3O. The van der Waals surface area contributed by atoms with E-state index in [1.807, 2.05) is 30.3 Å². The molecule has 1 saturated carbocycles. The van der Waals surface area contributed by atoms with Gasteiger partial charge in [-0.1, -0.05) is 6.07 Å². The van der Waals surface area contributed by atoms with Crippen LogP contribution in [0.15, 0.2) is 36.5 Å². The largest absolute Gasteiger partial charge is 0.335 e. The number of hydrogen-bond donors (Lipinski definition) is 2. The van der Waals surface area contributed by atoms with E-state index in [1.54, 1.807) is 6.20 Å². The first kappa shape index (κ1) is 10.1. The number of benzene rings is 1. The number of carbonyl (C=O) groups excluding carboxylic acids is 1. The van der Waals surface area contributed by atoms with Crippen molar-refractivity contribution in [2.75, 3.05) is 5.32 Å². The van der Waals surface area contributed by atoms with Crippen LogP contribution >= 0.6 is 0 Å². The van der Waals surface area contributed by atoms with Crippen molar-refractivity contribution in [2.45, 2.75) is 18.9 Å². The molecule has 0 bridgehead atoms. The monoisotopic (exact) mass is 227 g/mol. The predicted octanol–water partition coefficient (Wildman–Crippen LogP) is 2.52. The van der Waals surface area contributed by atoms with E-state index in [-0.39, 0.29) is 6.03 Å². The molecule has 2 N–H and O–H groups in total. The van der Waals surface area contributed by atoms with Gasteiger partial charge < -0.3 is 10.6 Å². The first-order chi connectivity index (χ1) is 8.33. The van der Waals surface area contributed by atoms with Crippen LogP contribution in [-0.2, 0) is 0 Å². The Balaban J connectivity index is 1.86. The molecule has 0 aliphatic heterocycles. The second-order valence-corrected chi connectivity index (χ2v) is 4.25. The second kappa shape index (κ2) is 4.05. The fraction of sp³-hybridized carbons (Fsp3) is 0.231. The summed E-state index contributed by atoms with van der Waals surface area (Å²) in [6, 6.07) is 9.76. The van der Waals surface area contributed by atoms with Gasteiger partial charge in [0.05, 0.1) is 11.2 Å². The van der Waals surface area contributed by atoms with Gasteiger partial charge in [-0.15, -0.1) is 0 Å². The maximum absolute atomic E-state index is 11.7. The molecule has 0 unspecified atom stereocenters. The minimum absolute atomic E-state index is 0.135. The van der Waals surface area contributed by atoms with E-state index in [2.05, 4.69) is 15.6 Å². The molecule has 2 amide bonds. The summed E-state index contributed by atoms with van der Waals surface area (Å²) >= 11 is 0. The zero-order chi connectivity index (χ0) is 11.7. The van der Waals surface area contributed by atoms with Crippen LogP contribution in [0.3, 0.4) is 0 Å². The Hall–Kier alpha value is -2.10. The van der Waals surface area contributed by atoms with Crippen LogP contribution in [0.2, 0.25) is 0 Å². The molecule has 4 heteroatoms. The van der Waals surface area contributed by atoms with Gasteiger partial charge in [0.2, 0.25) is 0 Å². The van der Waals surface area contributed by atoms with E-state index < -0.39 is 0 Å². The predicted molar refractivity (Wildman–Crippen MR) is 66.9 cm³/mol. The number of amides is 2. The van der Waals surface area contributed by atoms with Crippen LogP contribution in [0, 0.1) is 0 Å². The molecule has 1 aliphatic rings. The lowest BCUT2D eigenvalue weighted by Gasteiger charge is -2.08. The standard InChI is InChI=1S/C13H13N3O/c17-13(15-9-6-7-9)16-12-5-1-4-11-10(12)3-2-8-14-11/h1-5,8-9H,6-7H2,(H2,15,16,17). The van der Waals surface area contributed by atoms with Crippen molar-refractivity contribution in [2.24, 2.45) is 0 Å². The van der Waals surface area contributed by atoms with Crippen molar-refractivity contribution in [3.05, 3.63) is 36.5 Å². The number of urea groups is 1. The van der Waals surface area contributed by atoms with Crippen molar-refractivity contribution in [1.29, 1.82) is 0 Å². The highest BCUT2D eigenvalue weighted by atomic mass is 16.2. The lowest BCUT2D eigenvalue weighted by Crippen LogP contribution is -2.30. The van der Waals surface area contributed by atoms with Crippen LogP contribution in [0.1, 0.15) is 12.8 Å². The number of hydrogen-bond acceptors (Lipinski definition) is 2. The molecule has 1 aliphatic carbocycles. The molecule has 86 valence electrons. The van der Waals surface area contributed by atoms with Gasteiger partial charge in [-0.05, 0) is 37.1 Å². The minimum atomic E-state index is -0.135. The number of carbonyl (C=O) groups is 1. The number of rotatable bonds is 2. The number of nitrogens with zero attached hydrogens (tertiary/aromatic N) is 1. The highest BCUT2D eigenvalue weighted by Crippen LogP contribution is 2.22. The van der Waals surface area contributed by atoms with E-state index in [9.17, 15) is 4.79 Å². The number of fused-ring (bicyclic) bond motifs is 1. The van der Waals surface area contributed by atoms with Crippen LogP contribution in [-0.4, -0.2) is 17.1 Å². The minimum Gasteiger partial charge on any atom is -0.335 e. The third kappa shape index (κ3) is 2.20. The number of pyridine rings is 1. The summed E-state index contributed by atoms with van der Waals surface area (Å²) in [7, 11) is 0. The third-order valence-electron chi connectivity index (χ3n) is 2.81. The summed E-state index contributed by atoms with van der Waals surface area (Å²) in [5.74, 6) is 0. The zero-order valence-electron chi connectivity index (χ0n) is 9.31. The van der Waals surface area contributed by atoms with Crippen molar-refractivity contribution in [3.63, 3.8) is 0 Å². The summed E-state index contributed by atoms with van der Waals surface area (Å²) in [6.07, 6.45) is 3.92. The lowest BCUT2D eigenvalue weighted by molar-refractivity contribution is 0.252. The van der Waals surface area contributed by atoms with Crippen molar-refractivity contribution in [1.82, 2.24) is 10.3 Å². The topological polar surface area (TPSA) is 54.0 Å². The van der Waals surface area contributed by atoms with E-state index in [1.165, 1.54) is 0 Å². The summed E-state index contributed by atoms with van der Waals surface area (Å²) in [6.45, 7) is 0. The molecule has 4 nitrogen and oxygen atoms in total. The Labute approximate surface area is 99.0 Å². The first-order valence-corrected chi connectivity index (χ1v) is 5.74. The molecule has 1 heterocycles. The lowest BCUT2D eigenvalue weighted by atomic mass is 10.2. The highest BCUT2D eigenvalue weighted by molar-refractivity contribution is 6.00. The normalized spacial score (nSPS) is 14.6. The van der Waals surface area contributed by atoms with Crippen LogP contribution < -0.4 is 10.6 Å². The Morgan fingerprint density at radius 2 is 2.12 bits per heavy atom. The van der Waals surface area contributed by atoms with Gasteiger partial charge in [0, 0.05) is 17.6 Å². The highest BCUT2D eigenvalue weighted by Gasteiger charge is 2.23. The van der Waals surface area contributed by atoms with E-state index in [4.69, 9.17) is 0 Å². The summed E-state index contributed by atoms with van der Waals surface area (Å²) in [5, 5.41) is 6.72. The Morgan fingerprint density at radius 3 is 2.94 bits per heavy atom. The number of aromatic nitrogens is 1. The van der Waals surface area contributed by atoms with Gasteiger partial charge in [0.1, 0.15) is 0 Å². The van der Waals surface area contributed by atoms with Gasteiger partial charge in [-0.3, -0.25) is 4.98 Å². The average molecular weight is 227 g/mol. The van der Waals surface area contributed by atoms with E-state index in [0.29, 0.717) is 6.04 Å². The average Bonchev–Trinajstić information content (AvgIpc) is 3.13. The SMILES string of the molecule is O=C(Nc1cccc2ncccc12)NC1CC1. The van der Waals surface area contributed by atoms with Gasteiger partial charge in [-0.2, -0.15) is 0 Å². The number of anilines is 1. The van der Waals surface area contributed by atoms with Crippen LogP contribution in [0.5, 0.6) is 0 Å². The molecule has 0 radical (unpaired) electrons. The van der Waals surface area contributed by atoms with Crippen LogP contribution in [0.4, 0.5) is 10.5 Å². The van der Waals surface area contributed by atoms with Gasteiger partial charge >= 0.3 is 6.03 Å². The van der Waals surface area contributed by atoms with Gasteiger partial charge in [0.25, 0.3) is 0 Å². The summed E-state index contributed by atoms with van der Waals surface area (Å²) in [4.78, 5) is 15.9. The molecule has 3 rings (SSSR count). The Kier molecular flexibility index (Phi) is 2.40. The summed E-state index contributed by atoms with van der Waals surface area (Å²) in [5.41, 5.74) is 1.69. The first-order valence-electron chi connectivity index (χ1n) is 5.74. The zero-order valence-corrected chi connectivity index (χ0v) is 9.31. The summed E-state index contributed by atoms with van der Waals surface area (Å²) < 4.78 is 0. The van der Waals surface area contributed by atoms with Gasteiger partial charge in [-0.25, -0.2) is 4.79 Å². The van der Waals surface area contributed by atoms with Crippen molar-refractivity contribution < 1.29 is 4.79 Å². The van der Waals surface area contributed by atoms with Gasteiger partial charge in [0.15, 0.2) is 0 Å². The fourth-order valence-electron chi connectivity index (χ4n) is 1.78. The molecule has 2 aromatic rings.